The predicted molar refractivity (Wildman–Crippen MR) is 105 cm³/mol. The van der Waals surface area contributed by atoms with E-state index in [0.717, 1.165) is 26.1 Å². The number of fused-ring (bicyclic) bond motifs is 1. The van der Waals surface area contributed by atoms with Crippen molar-refractivity contribution in [2.45, 2.75) is 19.8 Å². The van der Waals surface area contributed by atoms with Crippen LogP contribution in [-0.4, -0.2) is 50.6 Å². The molecule has 3 rings (SSSR count). The quantitative estimate of drug-likeness (QED) is 0.653. The Kier molecular flexibility index (Phi) is 7.63. The average Bonchev–Trinajstić information content (AvgIpc) is 3.00. The molecule has 1 aliphatic heterocycles. The Morgan fingerprint density at radius 3 is 2.57 bits per heavy atom. The minimum absolute atomic E-state index is 0.820. The van der Waals surface area contributed by atoms with Crippen molar-refractivity contribution in [1.82, 2.24) is 4.90 Å². The molecule has 0 spiro atoms. The number of thiophene rings is 1. The third-order valence-electron chi connectivity index (χ3n) is 4.35. The Bertz CT molecular complexity index is 591. The average molecular weight is 354 g/mol. The van der Waals surface area contributed by atoms with Crippen molar-refractivity contribution in [3.8, 4) is 0 Å². The van der Waals surface area contributed by atoms with Crippen molar-refractivity contribution >= 4 is 38.7 Å². The van der Waals surface area contributed by atoms with Gasteiger partial charge in [-0.05, 0) is 44.5 Å². The molecule has 0 radical (unpaired) electrons. The molecular weight excluding hydrogens is 326 g/mol. The zero-order valence-electron chi connectivity index (χ0n) is 14.2. The molecule has 1 aliphatic rings. The molecule has 1 saturated heterocycles. The first-order chi connectivity index (χ1) is 11.3. The van der Waals surface area contributed by atoms with Crippen LogP contribution in [-0.2, 0) is 0 Å². The fraction of sp³-hybridized carbons (Fsp3) is 0.556. The molecule has 0 aliphatic carbocycles. The smallest absolute Gasteiger partial charge is 0.0555 e. The SMILES string of the molecule is CCl.Cc1ccc2c(N3CCN(CCCCN)CC3)csc2c1. The second kappa shape index (κ2) is 9.48. The van der Waals surface area contributed by atoms with Crippen LogP contribution in [0.3, 0.4) is 0 Å². The number of aryl methyl sites for hydroxylation is 1. The molecule has 23 heavy (non-hydrogen) atoms. The number of piperazine rings is 1. The van der Waals surface area contributed by atoms with Gasteiger partial charge in [0.05, 0.1) is 5.69 Å². The van der Waals surface area contributed by atoms with Crippen LogP contribution < -0.4 is 10.6 Å². The topological polar surface area (TPSA) is 32.5 Å². The van der Waals surface area contributed by atoms with Crippen LogP contribution >= 0.6 is 22.9 Å². The lowest BCUT2D eigenvalue weighted by Gasteiger charge is -2.35. The first-order valence-electron chi connectivity index (χ1n) is 8.31. The molecule has 128 valence electrons. The molecule has 0 amide bonds. The lowest BCUT2D eigenvalue weighted by molar-refractivity contribution is 0.253. The number of hydrogen-bond donors (Lipinski definition) is 1. The summed E-state index contributed by atoms with van der Waals surface area (Å²) in [5, 5.41) is 3.75. The summed E-state index contributed by atoms with van der Waals surface area (Å²) in [6.07, 6.45) is 3.85. The van der Waals surface area contributed by atoms with Gasteiger partial charge < -0.3 is 10.6 Å². The summed E-state index contributed by atoms with van der Waals surface area (Å²) in [5.74, 6) is 0. The largest absolute Gasteiger partial charge is 0.368 e. The first kappa shape index (κ1) is 18.5. The molecule has 1 aromatic heterocycles. The Morgan fingerprint density at radius 2 is 1.87 bits per heavy atom. The highest BCUT2D eigenvalue weighted by atomic mass is 35.5. The molecule has 0 unspecified atom stereocenters. The van der Waals surface area contributed by atoms with Crippen LogP contribution in [0.1, 0.15) is 18.4 Å². The molecule has 3 nitrogen and oxygen atoms in total. The first-order valence-corrected chi connectivity index (χ1v) is 9.94. The van der Waals surface area contributed by atoms with Crippen molar-refractivity contribution < 1.29 is 0 Å². The van der Waals surface area contributed by atoms with E-state index < -0.39 is 0 Å². The van der Waals surface area contributed by atoms with Crippen molar-refractivity contribution in [3.05, 3.63) is 29.1 Å². The summed E-state index contributed by atoms with van der Waals surface area (Å²) in [4.78, 5) is 5.12. The number of nitrogens with zero attached hydrogens (tertiary/aromatic N) is 2. The number of rotatable bonds is 5. The van der Waals surface area contributed by atoms with Crippen LogP contribution in [0.25, 0.3) is 10.1 Å². The van der Waals surface area contributed by atoms with E-state index in [-0.39, 0.29) is 0 Å². The van der Waals surface area contributed by atoms with Crippen LogP contribution in [0.2, 0.25) is 0 Å². The molecule has 1 fully saturated rings. The minimum Gasteiger partial charge on any atom is -0.368 e. The molecular formula is C18H28ClN3S. The van der Waals surface area contributed by atoms with E-state index >= 15 is 0 Å². The number of benzene rings is 1. The van der Waals surface area contributed by atoms with E-state index in [2.05, 4.69) is 51.9 Å². The van der Waals surface area contributed by atoms with E-state index in [4.69, 9.17) is 5.73 Å². The highest BCUT2D eigenvalue weighted by Crippen LogP contribution is 2.34. The summed E-state index contributed by atoms with van der Waals surface area (Å²) in [7, 11) is 0. The van der Waals surface area contributed by atoms with E-state index in [1.165, 1.54) is 53.8 Å². The van der Waals surface area contributed by atoms with E-state index in [9.17, 15) is 0 Å². The van der Waals surface area contributed by atoms with Crippen LogP contribution in [0.4, 0.5) is 5.69 Å². The zero-order valence-corrected chi connectivity index (χ0v) is 15.8. The van der Waals surface area contributed by atoms with Gasteiger partial charge in [-0.25, -0.2) is 0 Å². The van der Waals surface area contributed by atoms with Gasteiger partial charge in [-0.2, -0.15) is 0 Å². The van der Waals surface area contributed by atoms with Crippen LogP contribution in [0.5, 0.6) is 0 Å². The highest BCUT2D eigenvalue weighted by molar-refractivity contribution is 7.17. The number of halogens is 1. The molecule has 0 atom stereocenters. The van der Waals surface area contributed by atoms with Gasteiger partial charge in [0.15, 0.2) is 0 Å². The van der Waals surface area contributed by atoms with Crippen LogP contribution in [0, 0.1) is 6.92 Å². The third-order valence-corrected chi connectivity index (χ3v) is 5.28. The zero-order chi connectivity index (χ0) is 16.7. The number of alkyl halides is 1. The summed E-state index contributed by atoms with van der Waals surface area (Å²) in [5.41, 5.74) is 8.34. The van der Waals surface area contributed by atoms with Gasteiger partial charge in [-0.1, -0.05) is 12.1 Å². The van der Waals surface area contributed by atoms with Crippen molar-refractivity contribution in [3.63, 3.8) is 0 Å². The lowest BCUT2D eigenvalue weighted by atomic mass is 10.1. The standard InChI is InChI=1S/C17H25N3S.CH3Cl/c1-14-4-5-15-16(13-21-17(15)12-14)20-10-8-19(9-11-20)7-3-2-6-18;1-2/h4-5,12-13H,2-3,6-11,18H2,1H3;1H3. The van der Waals surface area contributed by atoms with Crippen molar-refractivity contribution in [2.75, 3.05) is 50.6 Å². The normalized spacial score (nSPS) is 15.6. The van der Waals surface area contributed by atoms with Crippen molar-refractivity contribution in [1.29, 1.82) is 0 Å². The van der Waals surface area contributed by atoms with Gasteiger partial charge in [-0.15, -0.1) is 22.9 Å². The minimum atomic E-state index is 0.820. The Labute approximate surface area is 149 Å². The van der Waals surface area contributed by atoms with Gasteiger partial charge >= 0.3 is 0 Å². The van der Waals surface area contributed by atoms with Gasteiger partial charge in [-0.3, -0.25) is 4.90 Å². The molecule has 2 aromatic rings. The van der Waals surface area contributed by atoms with Gasteiger partial charge in [0.25, 0.3) is 0 Å². The van der Waals surface area contributed by atoms with E-state index in [1.807, 2.05) is 11.3 Å². The van der Waals surface area contributed by atoms with E-state index in [1.54, 1.807) is 0 Å². The maximum Gasteiger partial charge on any atom is 0.0555 e. The maximum atomic E-state index is 5.57. The molecule has 0 bridgehead atoms. The molecule has 2 heterocycles. The Morgan fingerprint density at radius 1 is 1.13 bits per heavy atom. The number of anilines is 1. The number of unbranched alkanes of at least 4 members (excludes halogenated alkanes) is 1. The monoisotopic (exact) mass is 353 g/mol. The summed E-state index contributed by atoms with van der Waals surface area (Å²) >= 11 is 6.51. The van der Waals surface area contributed by atoms with Gasteiger partial charge in [0.2, 0.25) is 0 Å². The summed E-state index contributed by atoms with van der Waals surface area (Å²) in [6, 6.07) is 6.80. The predicted octanol–water partition coefficient (Wildman–Crippen LogP) is 3.93. The molecule has 0 saturated carbocycles. The second-order valence-electron chi connectivity index (χ2n) is 5.95. The number of nitrogens with two attached hydrogens (primary N) is 1. The Hall–Kier alpha value is -0.810. The fourth-order valence-electron chi connectivity index (χ4n) is 3.06. The lowest BCUT2D eigenvalue weighted by Crippen LogP contribution is -2.46. The van der Waals surface area contributed by atoms with E-state index in [0.29, 0.717) is 0 Å². The Balaban J connectivity index is 0.000000924. The van der Waals surface area contributed by atoms with Crippen LogP contribution in [0.15, 0.2) is 23.6 Å². The fourth-order valence-corrected chi connectivity index (χ4v) is 4.13. The number of hydrogen-bond acceptors (Lipinski definition) is 4. The van der Waals surface area contributed by atoms with Crippen molar-refractivity contribution in [2.24, 2.45) is 5.73 Å². The highest BCUT2D eigenvalue weighted by Gasteiger charge is 2.19. The summed E-state index contributed by atoms with van der Waals surface area (Å²) < 4.78 is 1.41. The maximum absolute atomic E-state index is 5.57. The van der Waals surface area contributed by atoms with Gasteiger partial charge in [0.1, 0.15) is 0 Å². The molecule has 5 heteroatoms. The second-order valence-corrected chi connectivity index (χ2v) is 6.86. The molecule has 1 aromatic carbocycles. The van der Waals surface area contributed by atoms with Gasteiger partial charge in [0, 0.05) is 48.0 Å². The molecule has 2 N–H and O–H groups in total. The third kappa shape index (κ3) is 4.83. The summed E-state index contributed by atoms with van der Waals surface area (Å²) in [6.45, 7) is 8.82.